The van der Waals surface area contributed by atoms with Crippen LogP contribution in [-0.2, 0) is 4.74 Å². The predicted octanol–water partition coefficient (Wildman–Crippen LogP) is -0.485. The van der Waals surface area contributed by atoms with E-state index in [1.165, 1.54) is 0 Å². The Labute approximate surface area is 55.1 Å². The van der Waals surface area contributed by atoms with Crippen molar-refractivity contribution in [2.45, 2.75) is 6.92 Å². The number of hydrogen-bond donors (Lipinski definition) is 2. The molecule has 0 aliphatic rings. The van der Waals surface area contributed by atoms with Gasteiger partial charge >= 0.3 is 0 Å². The van der Waals surface area contributed by atoms with E-state index in [9.17, 15) is 0 Å². The zero-order chi connectivity index (χ0) is 7.11. The van der Waals surface area contributed by atoms with Crippen molar-refractivity contribution in [3.63, 3.8) is 0 Å². The van der Waals surface area contributed by atoms with Gasteiger partial charge in [0, 0.05) is 13.7 Å². The number of amidine groups is 1. The Balaban J connectivity index is 3.33. The summed E-state index contributed by atoms with van der Waals surface area (Å²) in [7, 11) is 1.66. The van der Waals surface area contributed by atoms with Crippen LogP contribution in [-0.4, -0.2) is 26.1 Å². The molecule has 0 saturated heterocycles. The van der Waals surface area contributed by atoms with Gasteiger partial charge in [-0.1, -0.05) is 0 Å². The van der Waals surface area contributed by atoms with Crippen LogP contribution in [0.2, 0.25) is 0 Å². The number of ether oxygens (including phenoxy) is 1. The highest BCUT2D eigenvalue weighted by Gasteiger charge is 1.90. The molecule has 0 aliphatic heterocycles. The summed E-state index contributed by atoms with van der Waals surface area (Å²) >= 11 is 0. The van der Waals surface area contributed by atoms with Crippen molar-refractivity contribution in [1.82, 2.24) is 5.43 Å². The van der Waals surface area contributed by atoms with Gasteiger partial charge in [0.15, 0.2) is 0 Å². The van der Waals surface area contributed by atoms with E-state index in [-0.39, 0.29) is 0 Å². The molecule has 0 spiro atoms. The second kappa shape index (κ2) is 5.53. The lowest BCUT2D eigenvalue weighted by Gasteiger charge is -2.02. The molecule has 4 nitrogen and oxygen atoms in total. The number of hydrazine groups is 1. The third-order valence-electron chi connectivity index (χ3n) is 0.879. The first-order valence-corrected chi connectivity index (χ1v) is 2.85. The van der Waals surface area contributed by atoms with Gasteiger partial charge in [0.1, 0.15) is 12.4 Å². The summed E-state index contributed by atoms with van der Waals surface area (Å²) in [6.07, 6.45) is 0. The maximum atomic E-state index is 5.06. The highest BCUT2D eigenvalue weighted by atomic mass is 16.5. The number of nitrogens with zero attached hydrogens (tertiary/aromatic N) is 1. The van der Waals surface area contributed by atoms with Crippen LogP contribution >= 0.6 is 0 Å². The average molecular weight is 131 g/mol. The van der Waals surface area contributed by atoms with Crippen LogP contribution in [0.1, 0.15) is 6.92 Å². The average Bonchev–Trinajstić information content (AvgIpc) is 1.91. The Bertz CT molecular complexity index is 92.2. The maximum Gasteiger partial charge on any atom is 0.136 e. The van der Waals surface area contributed by atoms with Crippen LogP contribution < -0.4 is 11.3 Å². The topological polar surface area (TPSA) is 59.6 Å². The molecule has 4 heteroatoms. The lowest BCUT2D eigenvalue weighted by atomic mass is 10.6. The van der Waals surface area contributed by atoms with Gasteiger partial charge < -0.3 is 10.2 Å². The highest BCUT2D eigenvalue weighted by molar-refractivity contribution is 5.82. The minimum atomic E-state index is 0.462. The molecule has 0 aromatic heterocycles. The van der Waals surface area contributed by atoms with Gasteiger partial charge in [-0.3, -0.25) is 4.99 Å². The summed E-state index contributed by atoms with van der Waals surface area (Å²) in [5.41, 5.74) is 2.41. The summed E-state index contributed by atoms with van der Waals surface area (Å²) in [6, 6.07) is 0. The van der Waals surface area contributed by atoms with Gasteiger partial charge in [-0.25, -0.2) is 5.84 Å². The molecule has 0 saturated carbocycles. The molecule has 0 aromatic carbocycles. The standard InChI is InChI=1S/C5H13N3O/c1-3-9-4-5(7-2)8-6/h3-4,6H2,1-2H3,(H,7,8). The van der Waals surface area contributed by atoms with Gasteiger partial charge in [-0.2, -0.15) is 0 Å². The molecule has 0 unspecified atom stereocenters. The first kappa shape index (κ1) is 8.39. The fraction of sp³-hybridized carbons (Fsp3) is 0.800. The molecule has 0 aromatic rings. The third-order valence-corrected chi connectivity index (χ3v) is 0.879. The minimum absolute atomic E-state index is 0.462. The van der Waals surface area contributed by atoms with Crippen molar-refractivity contribution < 1.29 is 4.74 Å². The Morgan fingerprint density at radius 3 is 2.78 bits per heavy atom. The van der Waals surface area contributed by atoms with Crippen molar-refractivity contribution in [2.75, 3.05) is 20.3 Å². The van der Waals surface area contributed by atoms with Crippen LogP contribution in [0.15, 0.2) is 4.99 Å². The van der Waals surface area contributed by atoms with Crippen LogP contribution in [0.25, 0.3) is 0 Å². The van der Waals surface area contributed by atoms with Crippen LogP contribution in [0.3, 0.4) is 0 Å². The van der Waals surface area contributed by atoms with Crippen molar-refractivity contribution >= 4 is 5.84 Å². The van der Waals surface area contributed by atoms with Crippen LogP contribution in [0.5, 0.6) is 0 Å². The number of hydrogen-bond acceptors (Lipinski definition) is 3. The lowest BCUT2D eigenvalue weighted by molar-refractivity contribution is 0.185. The number of aliphatic imine (C=N–C) groups is 1. The quantitative estimate of drug-likeness (QED) is 0.235. The fourth-order valence-electron chi connectivity index (χ4n) is 0.370. The van der Waals surface area contributed by atoms with Gasteiger partial charge in [0.2, 0.25) is 0 Å². The molecule has 0 bridgehead atoms. The Morgan fingerprint density at radius 1 is 1.78 bits per heavy atom. The van der Waals surface area contributed by atoms with Gasteiger partial charge in [-0.05, 0) is 6.92 Å². The van der Waals surface area contributed by atoms with Gasteiger partial charge in [0.05, 0.1) is 0 Å². The van der Waals surface area contributed by atoms with Crippen LogP contribution in [0.4, 0.5) is 0 Å². The van der Waals surface area contributed by atoms with E-state index in [0.717, 1.165) is 0 Å². The molecule has 0 amide bonds. The molecule has 0 aliphatic carbocycles. The highest BCUT2D eigenvalue weighted by Crippen LogP contribution is 1.73. The summed E-state index contributed by atoms with van der Waals surface area (Å²) in [6.45, 7) is 3.06. The summed E-state index contributed by atoms with van der Waals surface area (Å²) in [5, 5.41) is 0. The molecule has 0 heterocycles. The Hall–Kier alpha value is -0.610. The molecule has 0 fully saturated rings. The third kappa shape index (κ3) is 3.93. The maximum absolute atomic E-state index is 5.06. The molecule has 54 valence electrons. The van der Waals surface area contributed by atoms with Crippen molar-refractivity contribution in [1.29, 1.82) is 0 Å². The molecule has 0 rings (SSSR count). The van der Waals surface area contributed by atoms with Crippen LogP contribution in [0, 0.1) is 0 Å². The second-order valence-electron chi connectivity index (χ2n) is 1.45. The fourth-order valence-corrected chi connectivity index (χ4v) is 0.370. The van der Waals surface area contributed by atoms with Crippen molar-refractivity contribution in [3.8, 4) is 0 Å². The SMILES string of the molecule is CCOCC(=NC)NN. The molecule has 0 atom stereocenters. The largest absolute Gasteiger partial charge is 0.374 e. The Morgan fingerprint density at radius 2 is 2.44 bits per heavy atom. The van der Waals surface area contributed by atoms with E-state index < -0.39 is 0 Å². The first-order valence-electron chi connectivity index (χ1n) is 2.85. The Kier molecular flexibility index (Phi) is 5.15. The van der Waals surface area contributed by atoms with E-state index in [1.54, 1.807) is 7.05 Å². The van der Waals surface area contributed by atoms with E-state index in [2.05, 4.69) is 10.4 Å². The van der Waals surface area contributed by atoms with E-state index >= 15 is 0 Å². The van der Waals surface area contributed by atoms with E-state index in [4.69, 9.17) is 10.6 Å². The monoisotopic (exact) mass is 131 g/mol. The summed E-state index contributed by atoms with van der Waals surface area (Å²) in [4.78, 5) is 3.80. The molecule has 3 N–H and O–H groups in total. The first-order chi connectivity index (χ1) is 4.35. The zero-order valence-corrected chi connectivity index (χ0v) is 5.85. The summed E-state index contributed by atoms with van der Waals surface area (Å²) < 4.78 is 5.00. The molecule has 9 heavy (non-hydrogen) atoms. The van der Waals surface area contributed by atoms with Gasteiger partial charge in [0.25, 0.3) is 0 Å². The zero-order valence-electron chi connectivity index (χ0n) is 5.85. The number of nitrogens with one attached hydrogen (secondary N) is 1. The summed E-state index contributed by atoms with van der Waals surface area (Å²) in [5.74, 6) is 5.73. The molecule has 0 radical (unpaired) electrons. The predicted molar refractivity (Wildman–Crippen MR) is 37.2 cm³/mol. The molecular weight excluding hydrogens is 118 g/mol. The smallest absolute Gasteiger partial charge is 0.136 e. The number of nitrogens with two attached hydrogens (primary N) is 1. The van der Waals surface area contributed by atoms with Crippen molar-refractivity contribution in [2.24, 2.45) is 10.8 Å². The number of rotatable bonds is 3. The minimum Gasteiger partial charge on any atom is -0.374 e. The van der Waals surface area contributed by atoms with Gasteiger partial charge in [-0.15, -0.1) is 0 Å². The normalized spacial score (nSPS) is 11.7. The van der Waals surface area contributed by atoms with E-state index in [1.807, 2.05) is 6.92 Å². The van der Waals surface area contributed by atoms with Crippen molar-refractivity contribution in [3.05, 3.63) is 0 Å². The van der Waals surface area contributed by atoms with E-state index in [0.29, 0.717) is 19.0 Å². The molecular formula is C5H13N3O. The lowest BCUT2D eigenvalue weighted by Crippen LogP contribution is -2.33. The second-order valence-corrected chi connectivity index (χ2v) is 1.45.